The summed E-state index contributed by atoms with van der Waals surface area (Å²) in [7, 11) is 5.23. The van der Waals surface area contributed by atoms with Gasteiger partial charge in [-0.3, -0.25) is 10.2 Å². The smallest absolute Gasteiger partial charge is 0.300 e. The van der Waals surface area contributed by atoms with Crippen molar-refractivity contribution in [1.82, 2.24) is 14.7 Å². The molecule has 0 bridgehead atoms. The minimum Gasteiger partial charge on any atom is -0.497 e. The van der Waals surface area contributed by atoms with Crippen LogP contribution in [0.1, 0.15) is 21.6 Å². The fourth-order valence-electron chi connectivity index (χ4n) is 3.65. The van der Waals surface area contributed by atoms with Crippen molar-refractivity contribution in [2.24, 2.45) is 0 Å². The summed E-state index contributed by atoms with van der Waals surface area (Å²) >= 11 is 0. The molecule has 2 aromatic carbocycles. The lowest BCUT2D eigenvalue weighted by Crippen LogP contribution is -2.38. The summed E-state index contributed by atoms with van der Waals surface area (Å²) in [4.78, 5) is 20.4. The topological polar surface area (TPSA) is 78.8 Å². The number of fused-ring (bicyclic) bond motifs is 1. The number of carbonyl (C=O) groups is 1. The molecule has 0 radical (unpaired) electrons. The Labute approximate surface area is 180 Å². The molecule has 1 amide bonds. The molecule has 8 heteroatoms. The van der Waals surface area contributed by atoms with Crippen molar-refractivity contribution < 1.29 is 9.53 Å². The number of hydrogen-bond acceptors (Lipinski definition) is 4. The van der Waals surface area contributed by atoms with Crippen LogP contribution in [0.4, 0.5) is 11.5 Å². The minimum atomic E-state index is -0.199. The van der Waals surface area contributed by atoms with Crippen LogP contribution in [0, 0.1) is 12.0 Å². The molecule has 2 heterocycles. The van der Waals surface area contributed by atoms with Crippen LogP contribution in [-0.4, -0.2) is 54.2 Å². The van der Waals surface area contributed by atoms with Gasteiger partial charge in [-0.25, -0.2) is 0 Å². The monoisotopic (exact) mass is 414 g/mol. The SMILES string of the molecule is [C-]#[N+]c1nn(-c2ccc(OC)cc2)c2c1CCN(c1ccc(C(=N)N(C)C)cc1)C2=O. The fraction of sp³-hybridized carbons (Fsp3) is 0.217. The van der Waals surface area contributed by atoms with E-state index in [0.29, 0.717) is 41.5 Å². The highest BCUT2D eigenvalue weighted by molar-refractivity contribution is 6.08. The molecular weight excluding hydrogens is 392 g/mol. The first-order valence-corrected chi connectivity index (χ1v) is 9.76. The molecule has 1 N–H and O–H groups in total. The normalized spacial score (nSPS) is 12.8. The third-order valence-corrected chi connectivity index (χ3v) is 5.32. The van der Waals surface area contributed by atoms with E-state index in [1.807, 2.05) is 50.5 Å². The van der Waals surface area contributed by atoms with Crippen molar-refractivity contribution in [1.29, 1.82) is 5.41 Å². The third kappa shape index (κ3) is 3.51. The second-order valence-corrected chi connectivity index (χ2v) is 7.37. The van der Waals surface area contributed by atoms with Crippen LogP contribution in [-0.2, 0) is 6.42 Å². The summed E-state index contributed by atoms with van der Waals surface area (Å²) in [5, 5.41) is 12.5. The number of nitrogens with zero attached hydrogens (tertiary/aromatic N) is 5. The second-order valence-electron chi connectivity index (χ2n) is 7.37. The van der Waals surface area contributed by atoms with Gasteiger partial charge in [0, 0.05) is 37.5 Å². The Kier molecular flexibility index (Phi) is 5.17. The lowest BCUT2D eigenvalue weighted by atomic mass is 10.0. The maximum absolute atomic E-state index is 13.5. The largest absolute Gasteiger partial charge is 0.497 e. The van der Waals surface area contributed by atoms with E-state index in [1.54, 1.807) is 33.7 Å². The minimum absolute atomic E-state index is 0.199. The van der Waals surface area contributed by atoms with Gasteiger partial charge in [-0.15, -0.1) is 0 Å². The first-order valence-electron chi connectivity index (χ1n) is 9.76. The summed E-state index contributed by atoms with van der Waals surface area (Å²) in [5.41, 5.74) is 3.30. The van der Waals surface area contributed by atoms with Gasteiger partial charge in [0.05, 0.1) is 12.8 Å². The van der Waals surface area contributed by atoms with Crippen LogP contribution in [0.15, 0.2) is 48.5 Å². The first-order chi connectivity index (χ1) is 14.9. The molecule has 1 aliphatic rings. The van der Waals surface area contributed by atoms with Gasteiger partial charge < -0.3 is 19.4 Å². The number of rotatable bonds is 4. The zero-order chi connectivity index (χ0) is 22.1. The molecule has 0 atom stereocenters. The highest BCUT2D eigenvalue weighted by Gasteiger charge is 2.34. The van der Waals surface area contributed by atoms with Crippen LogP contribution in [0.5, 0.6) is 5.75 Å². The number of carbonyl (C=O) groups excluding carboxylic acids is 1. The van der Waals surface area contributed by atoms with Crippen molar-refractivity contribution >= 4 is 23.2 Å². The Balaban J connectivity index is 1.72. The van der Waals surface area contributed by atoms with E-state index in [0.717, 1.165) is 11.3 Å². The number of nitrogens with one attached hydrogen (secondary N) is 1. The fourth-order valence-corrected chi connectivity index (χ4v) is 3.65. The van der Waals surface area contributed by atoms with E-state index < -0.39 is 0 Å². The van der Waals surface area contributed by atoms with Gasteiger partial charge in [-0.1, -0.05) is 6.57 Å². The van der Waals surface area contributed by atoms with Crippen LogP contribution >= 0.6 is 0 Å². The van der Waals surface area contributed by atoms with Crippen LogP contribution in [0.2, 0.25) is 0 Å². The number of methoxy groups -OCH3 is 1. The average Bonchev–Trinajstić information content (AvgIpc) is 3.18. The Hall–Kier alpha value is -4.12. The lowest BCUT2D eigenvalue weighted by Gasteiger charge is -2.27. The van der Waals surface area contributed by atoms with Gasteiger partial charge in [0.25, 0.3) is 11.7 Å². The van der Waals surface area contributed by atoms with E-state index in [2.05, 4.69) is 9.94 Å². The Morgan fingerprint density at radius 2 is 1.77 bits per heavy atom. The summed E-state index contributed by atoms with van der Waals surface area (Å²) in [6.07, 6.45) is 0.546. The van der Waals surface area contributed by atoms with Crippen molar-refractivity contribution in [3.63, 3.8) is 0 Å². The van der Waals surface area contributed by atoms with Crippen molar-refractivity contribution in [2.45, 2.75) is 6.42 Å². The van der Waals surface area contributed by atoms with Crippen molar-refractivity contribution in [2.75, 3.05) is 32.6 Å². The molecule has 0 unspecified atom stereocenters. The van der Waals surface area contributed by atoms with Gasteiger partial charge in [-0.05, 0) is 60.1 Å². The summed E-state index contributed by atoms with van der Waals surface area (Å²) in [6, 6.07) is 14.6. The quantitative estimate of drug-likeness (QED) is 0.403. The molecule has 0 fully saturated rings. The number of aromatic nitrogens is 2. The number of benzene rings is 2. The molecule has 31 heavy (non-hydrogen) atoms. The van der Waals surface area contributed by atoms with Crippen LogP contribution in [0.3, 0.4) is 0 Å². The summed E-state index contributed by atoms with van der Waals surface area (Å²) in [6.45, 7) is 7.95. The molecule has 1 aliphatic heterocycles. The van der Waals surface area contributed by atoms with Crippen molar-refractivity contribution in [3.05, 3.63) is 76.8 Å². The molecule has 4 rings (SSSR count). The molecule has 156 valence electrons. The Morgan fingerprint density at radius 3 is 2.35 bits per heavy atom. The predicted molar refractivity (Wildman–Crippen MR) is 119 cm³/mol. The van der Waals surface area contributed by atoms with Gasteiger partial charge in [0.15, 0.2) is 0 Å². The first kappa shape index (κ1) is 20.2. The maximum Gasteiger partial charge on any atom is 0.300 e. The van der Waals surface area contributed by atoms with Gasteiger partial charge in [-0.2, -0.15) is 4.68 Å². The number of ether oxygens (including phenoxy) is 1. The molecule has 0 spiro atoms. The zero-order valence-corrected chi connectivity index (χ0v) is 17.6. The number of amides is 1. The Morgan fingerprint density at radius 1 is 1.13 bits per heavy atom. The number of anilines is 1. The van der Waals surface area contributed by atoms with Gasteiger partial charge >= 0.3 is 0 Å². The molecule has 8 nitrogen and oxygen atoms in total. The standard InChI is InChI=1S/C23H22N6O2/c1-25-22-19-13-14-28(16-7-5-15(6-8-16)21(24)27(2)3)23(30)20(19)29(26-22)17-9-11-18(31-4)12-10-17/h5-12,24H,13-14H2,2-4H3. The van der Waals surface area contributed by atoms with Gasteiger partial charge in [0.1, 0.15) is 17.3 Å². The van der Waals surface area contributed by atoms with E-state index in [9.17, 15) is 4.79 Å². The second kappa shape index (κ2) is 7.95. The van der Waals surface area contributed by atoms with E-state index >= 15 is 0 Å². The average molecular weight is 414 g/mol. The van der Waals surface area contributed by atoms with E-state index in [-0.39, 0.29) is 11.7 Å². The van der Waals surface area contributed by atoms with Crippen LogP contribution in [0.25, 0.3) is 10.5 Å². The Bertz CT molecular complexity index is 1190. The van der Waals surface area contributed by atoms with Crippen molar-refractivity contribution in [3.8, 4) is 11.4 Å². The molecule has 3 aromatic rings. The van der Waals surface area contributed by atoms with E-state index in [4.69, 9.17) is 16.7 Å². The molecule has 1 aromatic heterocycles. The summed E-state index contributed by atoms with van der Waals surface area (Å²) < 4.78 is 6.76. The van der Waals surface area contributed by atoms with Gasteiger partial charge in [0.2, 0.25) is 0 Å². The highest BCUT2D eigenvalue weighted by atomic mass is 16.5. The molecule has 0 aliphatic carbocycles. The molecule has 0 saturated heterocycles. The summed E-state index contributed by atoms with van der Waals surface area (Å²) in [5.74, 6) is 1.16. The third-order valence-electron chi connectivity index (χ3n) is 5.32. The predicted octanol–water partition coefficient (Wildman–Crippen LogP) is 3.52. The number of hydrogen-bond donors (Lipinski definition) is 1. The molecule has 0 saturated carbocycles. The molecular formula is C23H22N6O2. The highest BCUT2D eigenvalue weighted by Crippen LogP contribution is 2.32. The maximum atomic E-state index is 13.5. The van der Waals surface area contributed by atoms with E-state index in [1.165, 1.54) is 0 Å². The zero-order valence-electron chi connectivity index (χ0n) is 17.6. The number of amidine groups is 1. The lowest BCUT2D eigenvalue weighted by molar-refractivity contribution is 0.0973. The van der Waals surface area contributed by atoms with Crippen LogP contribution < -0.4 is 9.64 Å².